The molecule has 0 amide bonds. The monoisotopic (exact) mass is 513 g/mol. The van der Waals surface area contributed by atoms with Crippen LogP contribution in [0.3, 0.4) is 0 Å². The van der Waals surface area contributed by atoms with Crippen molar-refractivity contribution in [3.05, 3.63) is 48.0 Å². The van der Waals surface area contributed by atoms with Gasteiger partial charge >= 0.3 is 0 Å². The zero-order valence-electron chi connectivity index (χ0n) is 18.5. The number of benzene rings is 1. The highest BCUT2D eigenvalue weighted by Gasteiger charge is 2.28. The molecule has 0 saturated heterocycles. The summed E-state index contributed by atoms with van der Waals surface area (Å²) in [7, 11) is 5.74. The Morgan fingerprint density at radius 3 is 2.41 bits per heavy atom. The highest BCUT2D eigenvalue weighted by Crippen LogP contribution is 2.21. The van der Waals surface area contributed by atoms with Gasteiger partial charge in [-0.15, -0.1) is 24.0 Å². The molecule has 8 heteroatoms. The van der Waals surface area contributed by atoms with Gasteiger partial charge in [0, 0.05) is 39.3 Å². The molecule has 162 valence electrons. The van der Waals surface area contributed by atoms with Crippen molar-refractivity contribution in [3.8, 4) is 0 Å². The first-order valence-electron chi connectivity index (χ1n) is 10.0. The lowest BCUT2D eigenvalue weighted by atomic mass is 9.90. The quantitative estimate of drug-likeness (QED) is 0.306. The second kappa shape index (κ2) is 12.1. The number of rotatable bonds is 9. The zero-order valence-corrected chi connectivity index (χ0v) is 20.8. The molecule has 1 atom stereocenters. The summed E-state index contributed by atoms with van der Waals surface area (Å²) in [5, 5.41) is 11.6. The normalized spacial score (nSPS) is 13.0. The Kier molecular flexibility index (Phi) is 10.6. The Morgan fingerprint density at radius 1 is 1.24 bits per heavy atom. The maximum absolute atomic E-state index is 4.45. The minimum absolute atomic E-state index is 0. The van der Waals surface area contributed by atoms with Gasteiger partial charge in [-0.2, -0.15) is 5.10 Å². The highest BCUT2D eigenvalue weighted by atomic mass is 127. The maximum atomic E-state index is 4.45. The standard InChI is InChI=1S/C21H35N7.HI/c1-7-21(8-2,26-17(3)18-12-10-9-11-13-18)15-23-20(22-4)27(5)14-19-24-16-25-28(19)6;/h9-13,16-17,26H,7-8,14-15H2,1-6H3,(H,22,23);1H. The third-order valence-electron chi connectivity index (χ3n) is 5.52. The van der Waals surface area contributed by atoms with E-state index in [4.69, 9.17) is 0 Å². The van der Waals surface area contributed by atoms with Crippen LogP contribution in [0.15, 0.2) is 41.7 Å². The van der Waals surface area contributed by atoms with Crippen molar-refractivity contribution in [2.75, 3.05) is 20.6 Å². The number of nitrogens with zero attached hydrogens (tertiary/aromatic N) is 5. The fourth-order valence-corrected chi connectivity index (χ4v) is 3.42. The van der Waals surface area contributed by atoms with Crippen molar-refractivity contribution in [2.24, 2.45) is 12.0 Å². The molecule has 0 bridgehead atoms. The summed E-state index contributed by atoms with van der Waals surface area (Å²) in [5.41, 5.74) is 1.29. The summed E-state index contributed by atoms with van der Waals surface area (Å²) < 4.78 is 1.79. The van der Waals surface area contributed by atoms with Crippen molar-refractivity contribution in [3.63, 3.8) is 0 Å². The molecule has 1 heterocycles. The van der Waals surface area contributed by atoms with Crippen LogP contribution in [0.4, 0.5) is 0 Å². The molecule has 29 heavy (non-hydrogen) atoms. The Bertz CT molecular complexity index is 740. The number of hydrogen-bond acceptors (Lipinski definition) is 4. The van der Waals surface area contributed by atoms with E-state index in [9.17, 15) is 0 Å². The fraction of sp³-hybridized carbons (Fsp3) is 0.571. The smallest absolute Gasteiger partial charge is 0.193 e. The van der Waals surface area contributed by atoms with Crippen LogP contribution < -0.4 is 10.6 Å². The molecule has 1 aromatic carbocycles. The maximum Gasteiger partial charge on any atom is 0.193 e. The molecule has 7 nitrogen and oxygen atoms in total. The van der Waals surface area contributed by atoms with Crippen molar-refractivity contribution < 1.29 is 0 Å². The van der Waals surface area contributed by atoms with Crippen LogP contribution >= 0.6 is 24.0 Å². The third-order valence-corrected chi connectivity index (χ3v) is 5.52. The Labute approximate surface area is 192 Å². The van der Waals surface area contributed by atoms with Gasteiger partial charge < -0.3 is 15.5 Å². The van der Waals surface area contributed by atoms with Gasteiger partial charge in [-0.25, -0.2) is 4.98 Å². The molecule has 0 aliphatic rings. The summed E-state index contributed by atoms with van der Waals surface area (Å²) >= 11 is 0. The first-order chi connectivity index (χ1) is 13.4. The average Bonchev–Trinajstić information content (AvgIpc) is 3.12. The van der Waals surface area contributed by atoms with E-state index in [-0.39, 0.29) is 35.6 Å². The summed E-state index contributed by atoms with van der Waals surface area (Å²) in [5.74, 6) is 1.75. The lowest BCUT2D eigenvalue weighted by Gasteiger charge is -2.37. The number of nitrogens with one attached hydrogen (secondary N) is 2. The molecule has 0 aliphatic carbocycles. The Balaban J connectivity index is 0.00000420. The third kappa shape index (κ3) is 6.95. The van der Waals surface area contributed by atoms with Crippen LogP contribution in [0.1, 0.15) is 51.0 Å². The highest BCUT2D eigenvalue weighted by molar-refractivity contribution is 14.0. The van der Waals surface area contributed by atoms with Crippen LogP contribution in [0.5, 0.6) is 0 Å². The van der Waals surface area contributed by atoms with E-state index in [1.165, 1.54) is 5.56 Å². The second-order valence-corrected chi connectivity index (χ2v) is 7.32. The summed E-state index contributed by atoms with van der Waals surface area (Å²) in [4.78, 5) is 10.8. The SMILES string of the molecule is CCC(CC)(CNC(=NC)N(C)Cc1ncnn1C)NC(C)c1ccccc1.I. The van der Waals surface area contributed by atoms with E-state index < -0.39 is 0 Å². The largest absolute Gasteiger partial charge is 0.354 e. The lowest BCUT2D eigenvalue weighted by molar-refractivity contribution is 0.268. The fourth-order valence-electron chi connectivity index (χ4n) is 3.42. The van der Waals surface area contributed by atoms with Gasteiger partial charge in [-0.1, -0.05) is 44.2 Å². The molecule has 0 radical (unpaired) electrons. The van der Waals surface area contributed by atoms with Crippen LogP contribution in [0, 0.1) is 0 Å². The predicted molar refractivity (Wildman–Crippen MR) is 131 cm³/mol. The van der Waals surface area contributed by atoms with Crippen LogP contribution in [0.25, 0.3) is 0 Å². The van der Waals surface area contributed by atoms with Gasteiger partial charge in [0.1, 0.15) is 12.2 Å². The summed E-state index contributed by atoms with van der Waals surface area (Å²) in [6.45, 7) is 8.15. The van der Waals surface area contributed by atoms with Crippen LogP contribution in [-0.4, -0.2) is 51.8 Å². The molecular weight excluding hydrogens is 477 g/mol. The molecule has 2 N–H and O–H groups in total. The lowest BCUT2D eigenvalue weighted by Crippen LogP contribution is -2.55. The van der Waals surface area contributed by atoms with Crippen LogP contribution in [-0.2, 0) is 13.6 Å². The van der Waals surface area contributed by atoms with Gasteiger partial charge in [-0.05, 0) is 25.3 Å². The average molecular weight is 513 g/mol. The number of hydrogen-bond donors (Lipinski definition) is 2. The number of aryl methyl sites for hydroxylation is 1. The molecule has 1 unspecified atom stereocenters. The first kappa shape index (κ1) is 25.4. The van der Waals surface area contributed by atoms with E-state index >= 15 is 0 Å². The minimum Gasteiger partial charge on any atom is -0.354 e. The minimum atomic E-state index is -0.0170. The molecule has 0 spiro atoms. The molecular formula is C21H36IN7. The molecule has 0 fully saturated rings. The van der Waals surface area contributed by atoms with Crippen LogP contribution in [0.2, 0.25) is 0 Å². The van der Waals surface area contributed by atoms with Gasteiger partial charge in [-0.3, -0.25) is 9.67 Å². The van der Waals surface area contributed by atoms with E-state index in [2.05, 4.69) is 81.7 Å². The summed E-state index contributed by atoms with van der Waals surface area (Å²) in [6, 6.07) is 10.9. The molecule has 1 aromatic heterocycles. The van der Waals surface area contributed by atoms with Crippen molar-refractivity contribution in [2.45, 2.75) is 51.7 Å². The van der Waals surface area contributed by atoms with E-state index in [0.29, 0.717) is 6.54 Å². The van der Waals surface area contributed by atoms with Gasteiger partial charge in [0.25, 0.3) is 0 Å². The van der Waals surface area contributed by atoms with Gasteiger partial charge in [0.2, 0.25) is 0 Å². The van der Waals surface area contributed by atoms with Gasteiger partial charge in [0.05, 0.1) is 6.54 Å². The topological polar surface area (TPSA) is 70.4 Å². The zero-order chi connectivity index (χ0) is 20.6. The first-order valence-corrected chi connectivity index (χ1v) is 10.0. The molecule has 0 aliphatic heterocycles. The van der Waals surface area contributed by atoms with E-state index in [1.54, 1.807) is 11.0 Å². The van der Waals surface area contributed by atoms with E-state index in [1.807, 2.05) is 21.1 Å². The summed E-state index contributed by atoms with van der Waals surface area (Å²) in [6.07, 6.45) is 3.63. The van der Waals surface area contributed by atoms with E-state index in [0.717, 1.165) is 31.2 Å². The molecule has 2 rings (SSSR count). The Morgan fingerprint density at radius 2 is 1.90 bits per heavy atom. The van der Waals surface area contributed by atoms with Crippen molar-refractivity contribution >= 4 is 29.9 Å². The van der Waals surface area contributed by atoms with Gasteiger partial charge in [0.15, 0.2) is 5.96 Å². The number of aliphatic imine (C=N–C) groups is 1. The Hall–Kier alpha value is -1.68. The number of halogens is 1. The molecule has 0 saturated carbocycles. The number of aromatic nitrogens is 3. The number of guanidine groups is 1. The second-order valence-electron chi connectivity index (χ2n) is 7.32. The molecule has 2 aromatic rings. The van der Waals surface area contributed by atoms with Crippen molar-refractivity contribution in [1.29, 1.82) is 0 Å². The van der Waals surface area contributed by atoms with Crippen molar-refractivity contribution in [1.82, 2.24) is 30.3 Å². The predicted octanol–water partition coefficient (Wildman–Crippen LogP) is 3.35.